The van der Waals surface area contributed by atoms with E-state index in [1.165, 1.54) is 0 Å². The monoisotopic (exact) mass is 460 g/mol. The zero-order valence-corrected chi connectivity index (χ0v) is 19.5. The fourth-order valence-electron chi connectivity index (χ4n) is 4.15. The highest BCUT2D eigenvalue weighted by Gasteiger charge is 2.35. The summed E-state index contributed by atoms with van der Waals surface area (Å²) in [6, 6.07) is 5.36. The Balaban J connectivity index is 1.19. The number of nitrogens with zero attached hydrogens (tertiary/aromatic N) is 3. The first-order valence-corrected chi connectivity index (χ1v) is 11.4. The largest absolute Gasteiger partial charge is 0.454 e. The van der Waals surface area contributed by atoms with Crippen molar-refractivity contribution in [2.75, 3.05) is 57.5 Å². The van der Waals surface area contributed by atoms with Gasteiger partial charge in [-0.3, -0.25) is 14.5 Å². The maximum absolute atomic E-state index is 12.6. The van der Waals surface area contributed by atoms with Gasteiger partial charge in [0.1, 0.15) is 5.60 Å². The molecular weight excluding hydrogens is 428 g/mol. The Hall–Kier alpha value is -3.01. The van der Waals surface area contributed by atoms with Crippen molar-refractivity contribution in [1.29, 1.82) is 0 Å². The summed E-state index contributed by atoms with van der Waals surface area (Å²) in [5, 5.41) is 2.96. The van der Waals surface area contributed by atoms with Crippen LogP contribution < -0.4 is 19.7 Å². The van der Waals surface area contributed by atoms with Gasteiger partial charge in [0.15, 0.2) is 11.5 Å². The zero-order valence-electron chi connectivity index (χ0n) is 19.5. The molecule has 1 atom stereocenters. The predicted octanol–water partition coefficient (Wildman–Crippen LogP) is 1.44. The molecule has 0 radical (unpaired) electrons. The summed E-state index contributed by atoms with van der Waals surface area (Å²) in [5.74, 6) is 0.699. The molecule has 2 saturated heterocycles. The number of rotatable bonds is 5. The first-order chi connectivity index (χ1) is 15.7. The van der Waals surface area contributed by atoms with Crippen molar-refractivity contribution in [3.8, 4) is 11.5 Å². The lowest BCUT2D eigenvalue weighted by Gasteiger charge is -2.35. The van der Waals surface area contributed by atoms with Crippen molar-refractivity contribution in [3.05, 3.63) is 18.2 Å². The molecule has 1 aromatic carbocycles. The summed E-state index contributed by atoms with van der Waals surface area (Å²) >= 11 is 0. The molecule has 0 aromatic heterocycles. The number of piperazine rings is 1. The van der Waals surface area contributed by atoms with Crippen LogP contribution in [-0.2, 0) is 14.3 Å². The molecule has 180 valence electrons. The minimum Gasteiger partial charge on any atom is -0.454 e. The fourth-order valence-corrected chi connectivity index (χ4v) is 4.15. The molecule has 0 saturated carbocycles. The average Bonchev–Trinajstić information content (AvgIpc) is 3.38. The Morgan fingerprint density at radius 1 is 1.12 bits per heavy atom. The predicted molar refractivity (Wildman–Crippen MR) is 120 cm³/mol. The van der Waals surface area contributed by atoms with Crippen molar-refractivity contribution < 1.29 is 28.6 Å². The molecule has 1 aromatic rings. The number of amides is 3. The highest BCUT2D eigenvalue weighted by molar-refractivity contribution is 6.00. The average molecular weight is 461 g/mol. The molecule has 2 fully saturated rings. The quantitative estimate of drug-likeness (QED) is 0.710. The molecule has 33 heavy (non-hydrogen) atoms. The third kappa shape index (κ3) is 5.68. The van der Waals surface area contributed by atoms with Crippen LogP contribution in [0.3, 0.4) is 0 Å². The second kappa shape index (κ2) is 9.46. The Morgan fingerprint density at radius 3 is 2.58 bits per heavy atom. The summed E-state index contributed by atoms with van der Waals surface area (Å²) in [6.45, 7) is 9.95. The van der Waals surface area contributed by atoms with Crippen LogP contribution in [0.5, 0.6) is 11.5 Å². The topological polar surface area (TPSA) is 101 Å². The van der Waals surface area contributed by atoms with E-state index in [2.05, 4.69) is 10.2 Å². The van der Waals surface area contributed by atoms with Crippen molar-refractivity contribution >= 4 is 23.6 Å². The van der Waals surface area contributed by atoms with Crippen LogP contribution >= 0.6 is 0 Å². The van der Waals surface area contributed by atoms with Crippen LogP contribution in [0.2, 0.25) is 0 Å². The number of ether oxygens (including phenoxy) is 3. The second-order valence-corrected chi connectivity index (χ2v) is 9.54. The van der Waals surface area contributed by atoms with Gasteiger partial charge in [-0.15, -0.1) is 0 Å². The lowest BCUT2D eigenvalue weighted by Crippen LogP contribution is -2.51. The maximum Gasteiger partial charge on any atom is 0.410 e. The summed E-state index contributed by atoms with van der Waals surface area (Å²) in [7, 11) is 0. The van der Waals surface area contributed by atoms with Crippen LogP contribution in [0.1, 0.15) is 27.2 Å². The fraction of sp³-hybridized carbons (Fsp3) is 0.609. The lowest BCUT2D eigenvalue weighted by molar-refractivity contribution is -0.126. The van der Waals surface area contributed by atoms with E-state index in [1.54, 1.807) is 21.9 Å². The standard InChI is InChI=1S/C23H32N4O6/c1-23(2,3)33-22(30)26-10-8-25(9-11-26)7-6-24-21(29)16-12-20(28)27(14-16)17-4-5-18-19(13-17)32-15-31-18/h4-5,13,16H,6-12,14-15H2,1-3H3,(H,24,29). The van der Waals surface area contributed by atoms with E-state index in [4.69, 9.17) is 14.2 Å². The molecule has 0 bridgehead atoms. The number of benzene rings is 1. The van der Waals surface area contributed by atoms with E-state index in [-0.39, 0.29) is 37.0 Å². The Kier molecular flexibility index (Phi) is 6.64. The van der Waals surface area contributed by atoms with Crippen molar-refractivity contribution in [3.63, 3.8) is 0 Å². The number of carbonyl (C=O) groups is 3. The third-order valence-electron chi connectivity index (χ3n) is 5.91. The first kappa shape index (κ1) is 23.2. The molecule has 0 aliphatic carbocycles. The zero-order chi connectivity index (χ0) is 23.6. The lowest BCUT2D eigenvalue weighted by atomic mass is 10.1. The Bertz CT molecular complexity index is 907. The normalized spacial score (nSPS) is 20.8. The summed E-state index contributed by atoms with van der Waals surface area (Å²) in [4.78, 5) is 42.9. The SMILES string of the molecule is CC(C)(C)OC(=O)N1CCN(CCNC(=O)C2CC(=O)N(c3ccc4c(c3)OCO4)C2)CC1. The van der Waals surface area contributed by atoms with Gasteiger partial charge in [-0.2, -0.15) is 0 Å². The van der Waals surface area contributed by atoms with Gasteiger partial charge in [-0.25, -0.2) is 4.79 Å². The molecule has 1 unspecified atom stereocenters. The van der Waals surface area contributed by atoms with Crippen LogP contribution in [0, 0.1) is 5.92 Å². The third-order valence-corrected chi connectivity index (χ3v) is 5.91. The minimum atomic E-state index is -0.502. The van der Waals surface area contributed by atoms with Gasteiger partial charge < -0.3 is 29.3 Å². The van der Waals surface area contributed by atoms with E-state index in [9.17, 15) is 14.4 Å². The van der Waals surface area contributed by atoms with Crippen LogP contribution in [0.15, 0.2) is 18.2 Å². The molecule has 3 amide bonds. The number of hydrogen-bond donors (Lipinski definition) is 1. The molecule has 3 heterocycles. The summed E-state index contributed by atoms with van der Waals surface area (Å²) in [5.41, 5.74) is 0.209. The van der Waals surface area contributed by atoms with Gasteiger partial charge in [-0.05, 0) is 32.9 Å². The maximum atomic E-state index is 12.6. The number of fused-ring (bicyclic) bond motifs is 1. The number of anilines is 1. The summed E-state index contributed by atoms with van der Waals surface area (Å²) in [6.07, 6.45) is -0.0946. The van der Waals surface area contributed by atoms with Crippen LogP contribution in [0.25, 0.3) is 0 Å². The molecular formula is C23H32N4O6. The number of hydrogen-bond acceptors (Lipinski definition) is 7. The van der Waals surface area contributed by atoms with Gasteiger partial charge >= 0.3 is 6.09 Å². The van der Waals surface area contributed by atoms with Crippen LogP contribution in [-0.4, -0.2) is 85.9 Å². The number of nitrogens with one attached hydrogen (secondary N) is 1. The van der Waals surface area contributed by atoms with Crippen molar-refractivity contribution in [2.24, 2.45) is 5.92 Å². The summed E-state index contributed by atoms with van der Waals surface area (Å²) < 4.78 is 16.1. The minimum absolute atomic E-state index is 0.0766. The van der Waals surface area contributed by atoms with Crippen LogP contribution in [0.4, 0.5) is 10.5 Å². The first-order valence-electron chi connectivity index (χ1n) is 11.4. The molecule has 10 nitrogen and oxygen atoms in total. The molecule has 0 spiro atoms. The molecule has 1 N–H and O–H groups in total. The van der Waals surface area contributed by atoms with E-state index in [1.807, 2.05) is 26.8 Å². The molecule has 3 aliphatic rings. The molecule has 3 aliphatic heterocycles. The highest BCUT2D eigenvalue weighted by atomic mass is 16.7. The number of carbonyl (C=O) groups excluding carboxylic acids is 3. The molecule has 4 rings (SSSR count). The highest BCUT2D eigenvalue weighted by Crippen LogP contribution is 2.37. The van der Waals surface area contributed by atoms with E-state index in [0.717, 1.165) is 13.1 Å². The smallest absolute Gasteiger partial charge is 0.410 e. The van der Waals surface area contributed by atoms with Gasteiger partial charge in [0.25, 0.3) is 0 Å². The van der Waals surface area contributed by atoms with Gasteiger partial charge in [0.2, 0.25) is 18.6 Å². The van der Waals surface area contributed by atoms with Gasteiger partial charge in [-0.1, -0.05) is 0 Å². The Morgan fingerprint density at radius 2 is 1.85 bits per heavy atom. The Labute approximate surface area is 193 Å². The van der Waals surface area contributed by atoms with Crippen molar-refractivity contribution in [1.82, 2.24) is 15.1 Å². The van der Waals surface area contributed by atoms with E-state index >= 15 is 0 Å². The van der Waals surface area contributed by atoms with Gasteiger partial charge in [0, 0.05) is 64.0 Å². The molecule has 10 heteroatoms. The van der Waals surface area contributed by atoms with E-state index in [0.29, 0.717) is 49.9 Å². The van der Waals surface area contributed by atoms with E-state index < -0.39 is 5.60 Å². The van der Waals surface area contributed by atoms with Crippen molar-refractivity contribution in [2.45, 2.75) is 32.8 Å². The second-order valence-electron chi connectivity index (χ2n) is 9.54. The van der Waals surface area contributed by atoms with Gasteiger partial charge in [0.05, 0.1) is 5.92 Å².